The fourth-order valence-corrected chi connectivity index (χ4v) is 1.31. The summed E-state index contributed by atoms with van der Waals surface area (Å²) in [5.41, 5.74) is -0.526. The molecule has 0 unspecified atom stereocenters. The van der Waals surface area contributed by atoms with Gasteiger partial charge in [-0.25, -0.2) is 4.79 Å². The molecule has 1 amide bonds. The van der Waals surface area contributed by atoms with Crippen molar-refractivity contribution < 1.29 is 9.53 Å². The zero-order valence-corrected chi connectivity index (χ0v) is 14.1. The molecular formula is C14H30N4O2. The molecule has 6 heteroatoms. The Morgan fingerprint density at radius 1 is 1.20 bits per heavy atom. The lowest BCUT2D eigenvalue weighted by Gasteiger charge is -2.26. The van der Waals surface area contributed by atoms with Crippen molar-refractivity contribution in [3.05, 3.63) is 0 Å². The van der Waals surface area contributed by atoms with Gasteiger partial charge >= 0.3 is 6.09 Å². The van der Waals surface area contributed by atoms with Crippen molar-refractivity contribution in [2.24, 2.45) is 4.99 Å². The predicted octanol–water partition coefficient (Wildman–Crippen LogP) is 1.82. The summed E-state index contributed by atoms with van der Waals surface area (Å²) >= 11 is 0. The molecule has 0 heterocycles. The van der Waals surface area contributed by atoms with Crippen LogP contribution in [0.5, 0.6) is 0 Å². The molecule has 0 saturated heterocycles. The summed E-state index contributed by atoms with van der Waals surface area (Å²) in [6.45, 7) is 12.9. The lowest BCUT2D eigenvalue weighted by Crippen LogP contribution is -2.49. The Kier molecular flexibility index (Phi) is 6.82. The summed E-state index contributed by atoms with van der Waals surface area (Å²) in [7, 11) is 3.44. The molecule has 2 N–H and O–H groups in total. The van der Waals surface area contributed by atoms with Gasteiger partial charge < -0.3 is 20.3 Å². The van der Waals surface area contributed by atoms with Gasteiger partial charge in [0.05, 0.1) is 0 Å². The van der Waals surface area contributed by atoms with Crippen LogP contribution in [0.25, 0.3) is 0 Å². The SMILES string of the molecule is CN=C(NCCN(C)C(=O)OC(C)(C)C)NC(C)(C)C. The normalized spacial score (nSPS) is 12.9. The first-order chi connectivity index (χ1) is 8.94. The summed E-state index contributed by atoms with van der Waals surface area (Å²) < 4.78 is 5.28. The van der Waals surface area contributed by atoms with Crippen molar-refractivity contribution in [2.45, 2.75) is 52.7 Å². The van der Waals surface area contributed by atoms with Gasteiger partial charge in [-0.2, -0.15) is 0 Å². The molecule has 0 aromatic rings. The van der Waals surface area contributed by atoms with Crippen molar-refractivity contribution in [3.63, 3.8) is 0 Å². The van der Waals surface area contributed by atoms with Crippen molar-refractivity contribution in [3.8, 4) is 0 Å². The van der Waals surface area contributed by atoms with E-state index in [0.29, 0.717) is 13.1 Å². The fraction of sp³-hybridized carbons (Fsp3) is 0.857. The van der Waals surface area contributed by atoms with Crippen molar-refractivity contribution in [2.75, 3.05) is 27.2 Å². The van der Waals surface area contributed by atoms with Crippen LogP contribution in [-0.2, 0) is 4.74 Å². The second-order valence-corrected chi connectivity index (χ2v) is 6.78. The van der Waals surface area contributed by atoms with E-state index in [0.717, 1.165) is 5.96 Å². The van der Waals surface area contributed by atoms with Crippen molar-refractivity contribution in [1.29, 1.82) is 0 Å². The molecule has 0 bridgehead atoms. The Hall–Kier alpha value is -1.46. The Bertz CT molecular complexity index is 340. The smallest absolute Gasteiger partial charge is 0.410 e. The lowest BCUT2D eigenvalue weighted by molar-refractivity contribution is 0.0302. The molecule has 20 heavy (non-hydrogen) atoms. The predicted molar refractivity (Wildman–Crippen MR) is 83.1 cm³/mol. The van der Waals surface area contributed by atoms with Crippen LogP contribution in [0, 0.1) is 0 Å². The highest BCUT2D eigenvalue weighted by atomic mass is 16.6. The number of amides is 1. The zero-order valence-electron chi connectivity index (χ0n) is 14.1. The molecule has 0 spiro atoms. The summed E-state index contributed by atoms with van der Waals surface area (Å²) in [4.78, 5) is 17.4. The maximum Gasteiger partial charge on any atom is 0.410 e. The number of ether oxygens (including phenoxy) is 1. The van der Waals surface area contributed by atoms with Gasteiger partial charge in [-0.3, -0.25) is 4.99 Å². The lowest BCUT2D eigenvalue weighted by atomic mass is 10.1. The highest BCUT2D eigenvalue weighted by Crippen LogP contribution is 2.08. The topological polar surface area (TPSA) is 66.0 Å². The van der Waals surface area contributed by atoms with E-state index in [1.807, 2.05) is 20.8 Å². The van der Waals surface area contributed by atoms with Gasteiger partial charge in [0.1, 0.15) is 5.60 Å². The second-order valence-electron chi connectivity index (χ2n) is 6.78. The molecule has 6 nitrogen and oxygen atoms in total. The average Bonchev–Trinajstić information content (AvgIpc) is 2.23. The van der Waals surface area contributed by atoms with Gasteiger partial charge in [-0.1, -0.05) is 0 Å². The first-order valence-corrected chi connectivity index (χ1v) is 6.87. The molecule has 0 aromatic heterocycles. The van der Waals surface area contributed by atoms with Gasteiger partial charge in [0.25, 0.3) is 0 Å². The van der Waals surface area contributed by atoms with E-state index in [1.54, 1.807) is 19.0 Å². The minimum Gasteiger partial charge on any atom is -0.444 e. The van der Waals surface area contributed by atoms with Crippen LogP contribution in [0.2, 0.25) is 0 Å². The van der Waals surface area contributed by atoms with E-state index in [9.17, 15) is 4.79 Å². The first-order valence-electron chi connectivity index (χ1n) is 6.87. The number of carbonyl (C=O) groups excluding carboxylic acids is 1. The summed E-state index contributed by atoms with van der Waals surface area (Å²) in [5.74, 6) is 0.718. The van der Waals surface area contributed by atoms with Crippen LogP contribution in [-0.4, -0.2) is 55.3 Å². The molecular weight excluding hydrogens is 256 g/mol. The zero-order chi connectivity index (χ0) is 16.0. The molecule has 0 radical (unpaired) electrons. The molecule has 0 fully saturated rings. The Balaban J connectivity index is 4.14. The van der Waals surface area contributed by atoms with Crippen molar-refractivity contribution in [1.82, 2.24) is 15.5 Å². The number of nitrogens with zero attached hydrogens (tertiary/aromatic N) is 2. The van der Waals surface area contributed by atoms with Gasteiger partial charge in [0.15, 0.2) is 5.96 Å². The van der Waals surface area contributed by atoms with Crippen LogP contribution in [0.1, 0.15) is 41.5 Å². The summed E-state index contributed by atoms with van der Waals surface area (Å²) in [6, 6.07) is 0. The number of guanidine groups is 1. The van der Waals surface area contributed by atoms with Crippen LogP contribution in [0.4, 0.5) is 4.79 Å². The molecule has 0 atom stereocenters. The highest BCUT2D eigenvalue weighted by Gasteiger charge is 2.19. The quantitative estimate of drug-likeness (QED) is 0.613. The number of hydrogen-bond acceptors (Lipinski definition) is 3. The average molecular weight is 286 g/mol. The number of aliphatic imine (C=N–C) groups is 1. The fourth-order valence-electron chi connectivity index (χ4n) is 1.31. The third-order valence-corrected chi connectivity index (χ3v) is 2.16. The van der Waals surface area contributed by atoms with E-state index in [-0.39, 0.29) is 11.6 Å². The maximum absolute atomic E-state index is 11.8. The van der Waals surface area contributed by atoms with E-state index in [2.05, 4.69) is 36.4 Å². The van der Waals surface area contributed by atoms with Crippen LogP contribution >= 0.6 is 0 Å². The van der Waals surface area contributed by atoms with Gasteiger partial charge in [0, 0.05) is 32.7 Å². The molecule has 0 rings (SSSR count). The van der Waals surface area contributed by atoms with Crippen LogP contribution in [0.3, 0.4) is 0 Å². The minimum absolute atomic E-state index is 0.0566. The number of hydrogen-bond donors (Lipinski definition) is 2. The Labute approximate surface area is 123 Å². The number of likely N-dealkylation sites (N-methyl/N-ethyl adjacent to an activating group) is 1. The van der Waals surface area contributed by atoms with Gasteiger partial charge in [-0.15, -0.1) is 0 Å². The summed E-state index contributed by atoms with van der Waals surface area (Å²) in [6.07, 6.45) is -0.321. The molecule has 0 saturated carbocycles. The Morgan fingerprint density at radius 3 is 2.15 bits per heavy atom. The third-order valence-electron chi connectivity index (χ3n) is 2.16. The van der Waals surface area contributed by atoms with E-state index < -0.39 is 5.60 Å². The minimum atomic E-state index is -0.470. The second kappa shape index (κ2) is 7.36. The Morgan fingerprint density at radius 2 is 1.75 bits per heavy atom. The largest absolute Gasteiger partial charge is 0.444 e. The standard InChI is InChI=1S/C14H30N4O2/c1-13(2,3)17-11(15-7)16-9-10-18(8)12(19)20-14(4,5)6/h9-10H2,1-8H3,(H2,15,16,17). The molecule has 0 aliphatic carbocycles. The van der Waals surface area contributed by atoms with Crippen LogP contribution in [0.15, 0.2) is 4.99 Å². The third kappa shape index (κ3) is 9.47. The van der Waals surface area contributed by atoms with E-state index >= 15 is 0 Å². The highest BCUT2D eigenvalue weighted by molar-refractivity contribution is 5.80. The molecule has 0 aromatic carbocycles. The molecule has 0 aliphatic heterocycles. The summed E-state index contributed by atoms with van der Waals surface area (Å²) in [5, 5.41) is 6.42. The monoisotopic (exact) mass is 286 g/mol. The van der Waals surface area contributed by atoms with Gasteiger partial charge in [0.2, 0.25) is 0 Å². The number of rotatable bonds is 3. The number of nitrogens with one attached hydrogen (secondary N) is 2. The molecule has 118 valence electrons. The first kappa shape index (κ1) is 18.5. The molecule has 0 aliphatic rings. The maximum atomic E-state index is 11.8. The number of carbonyl (C=O) groups is 1. The van der Waals surface area contributed by atoms with Crippen molar-refractivity contribution >= 4 is 12.1 Å². The van der Waals surface area contributed by atoms with E-state index in [4.69, 9.17) is 4.74 Å². The van der Waals surface area contributed by atoms with Gasteiger partial charge in [-0.05, 0) is 41.5 Å². The van der Waals surface area contributed by atoms with Crippen LogP contribution < -0.4 is 10.6 Å². The van der Waals surface area contributed by atoms with E-state index in [1.165, 1.54) is 0 Å².